The lowest BCUT2D eigenvalue weighted by molar-refractivity contribution is -0.131. The van der Waals surface area contributed by atoms with Crippen LogP contribution in [-0.4, -0.2) is 66.5 Å². The maximum Gasteiger partial charge on any atom is 0.223 e. The number of hydrogen-bond donors (Lipinski definition) is 0. The minimum absolute atomic E-state index is 0.292. The lowest BCUT2D eigenvalue weighted by atomic mass is 10.2. The van der Waals surface area contributed by atoms with Gasteiger partial charge in [-0.15, -0.1) is 0 Å². The Morgan fingerprint density at radius 1 is 1.30 bits per heavy atom. The zero-order valence-electron chi connectivity index (χ0n) is 14.3. The number of carbonyl (C=O) groups excluding carboxylic acids is 1. The minimum atomic E-state index is 0.292. The van der Waals surface area contributed by atoms with Crippen molar-refractivity contribution in [1.29, 1.82) is 0 Å². The van der Waals surface area contributed by atoms with E-state index in [-0.39, 0.29) is 0 Å². The van der Waals surface area contributed by atoms with Crippen molar-refractivity contribution in [3.05, 3.63) is 24.4 Å². The van der Waals surface area contributed by atoms with Gasteiger partial charge in [-0.25, -0.2) is 4.98 Å². The summed E-state index contributed by atoms with van der Waals surface area (Å²) in [5, 5.41) is 0. The van der Waals surface area contributed by atoms with Crippen LogP contribution >= 0.6 is 0 Å². The molecule has 0 radical (unpaired) electrons. The second-order valence-electron chi connectivity index (χ2n) is 6.86. The molecule has 23 heavy (non-hydrogen) atoms. The molecule has 3 rings (SSSR count). The molecular formula is C18H28N4O. The largest absolute Gasteiger partial charge is 0.353 e. The summed E-state index contributed by atoms with van der Waals surface area (Å²) in [5.41, 5.74) is 0. The van der Waals surface area contributed by atoms with Crippen molar-refractivity contribution in [2.24, 2.45) is 5.92 Å². The summed E-state index contributed by atoms with van der Waals surface area (Å²) in [6.07, 6.45) is 5.17. The van der Waals surface area contributed by atoms with Gasteiger partial charge >= 0.3 is 0 Å². The molecule has 1 saturated carbocycles. The van der Waals surface area contributed by atoms with Gasteiger partial charge in [0.15, 0.2) is 0 Å². The molecule has 2 aliphatic rings. The second kappa shape index (κ2) is 7.30. The van der Waals surface area contributed by atoms with Gasteiger partial charge in [0.05, 0.1) is 0 Å². The van der Waals surface area contributed by atoms with Crippen LogP contribution in [0.5, 0.6) is 0 Å². The van der Waals surface area contributed by atoms with Crippen molar-refractivity contribution in [1.82, 2.24) is 14.8 Å². The minimum Gasteiger partial charge on any atom is -0.353 e. The monoisotopic (exact) mass is 316 g/mol. The molecule has 2 heterocycles. The number of amides is 1. The smallest absolute Gasteiger partial charge is 0.223 e. The molecule has 126 valence electrons. The van der Waals surface area contributed by atoms with Gasteiger partial charge in [0, 0.05) is 51.4 Å². The van der Waals surface area contributed by atoms with Gasteiger partial charge in [-0.3, -0.25) is 4.79 Å². The van der Waals surface area contributed by atoms with Crippen molar-refractivity contribution in [3.8, 4) is 0 Å². The van der Waals surface area contributed by atoms with Gasteiger partial charge in [-0.1, -0.05) is 6.07 Å². The van der Waals surface area contributed by atoms with Gasteiger partial charge in [0.25, 0.3) is 0 Å². The summed E-state index contributed by atoms with van der Waals surface area (Å²) in [6, 6.07) is 6.59. The van der Waals surface area contributed by atoms with Crippen LogP contribution in [0.1, 0.15) is 26.2 Å². The van der Waals surface area contributed by atoms with Crippen LogP contribution in [0.15, 0.2) is 24.4 Å². The van der Waals surface area contributed by atoms with E-state index in [1.54, 1.807) is 0 Å². The molecule has 1 aromatic heterocycles. The molecule has 1 aromatic rings. The van der Waals surface area contributed by atoms with E-state index >= 15 is 0 Å². The van der Waals surface area contributed by atoms with Gasteiger partial charge < -0.3 is 14.7 Å². The molecule has 2 fully saturated rings. The highest BCUT2D eigenvalue weighted by atomic mass is 16.2. The Morgan fingerprint density at radius 2 is 2.04 bits per heavy atom. The first-order valence-corrected chi connectivity index (χ1v) is 8.79. The Labute approximate surface area is 139 Å². The van der Waals surface area contributed by atoms with E-state index in [9.17, 15) is 4.79 Å². The molecule has 1 aliphatic heterocycles. The number of aromatic nitrogens is 1. The average molecular weight is 316 g/mol. The van der Waals surface area contributed by atoms with Crippen molar-refractivity contribution in [2.45, 2.75) is 32.2 Å². The summed E-state index contributed by atoms with van der Waals surface area (Å²) in [4.78, 5) is 23.4. The normalized spacial score (nSPS) is 20.0. The third-order valence-electron chi connectivity index (χ3n) is 5.28. The van der Waals surface area contributed by atoms with Crippen LogP contribution in [0.2, 0.25) is 0 Å². The summed E-state index contributed by atoms with van der Waals surface area (Å²) < 4.78 is 0. The molecule has 1 unspecified atom stereocenters. The van der Waals surface area contributed by atoms with Gasteiger partial charge in [-0.2, -0.15) is 0 Å². The van der Waals surface area contributed by atoms with Gasteiger partial charge in [0.1, 0.15) is 5.82 Å². The molecule has 0 N–H and O–H groups in total. The van der Waals surface area contributed by atoms with Crippen molar-refractivity contribution >= 4 is 11.7 Å². The zero-order chi connectivity index (χ0) is 16.2. The Morgan fingerprint density at radius 3 is 2.65 bits per heavy atom. The van der Waals surface area contributed by atoms with Crippen LogP contribution < -0.4 is 4.90 Å². The van der Waals surface area contributed by atoms with Crippen LogP contribution in [0.3, 0.4) is 0 Å². The van der Waals surface area contributed by atoms with Crippen LogP contribution in [0.4, 0.5) is 5.82 Å². The van der Waals surface area contributed by atoms with E-state index in [0.717, 1.165) is 44.5 Å². The third-order valence-corrected chi connectivity index (χ3v) is 5.28. The maximum absolute atomic E-state index is 12.4. The molecule has 0 bridgehead atoms. The Kier molecular flexibility index (Phi) is 5.16. The molecule has 1 amide bonds. The number of rotatable bonds is 6. The number of carbonyl (C=O) groups is 1. The average Bonchev–Trinajstić information content (AvgIpc) is 3.44. The topological polar surface area (TPSA) is 39.7 Å². The molecule has 1 atom stereocenters. The SMILES string of the molecule is CC(C1CC1)N(C)CCC(=O)N1CCN(c2ccccn2)CC1. The summed E-state index contributed by atoms with van der Waals surface area (Å²) in [6.45, 7) is 6.51. The maximum atomic E-state index is 12.4. The first kappa shape index (κ1) is 16.2. The van der Waals surface area contributed by atoms with Crippen molar-refractivity contribution in [2.75, 3.05) is 44.7 Å². The van der Waals surface area contributed by atoms with E-state index in [2.05, 4.69) is 28.8 Å². The van der Waals surface area contributed by atoms with Crippen molar-refractivity contribution in [3.63, 3.8) is 0 Å². The first-order valence-electron chi connectivity index (χ1n) is 8.79. The van der Waals surface area contributed by atoms with E-state index in [4.69, 9.17) is 0 Å². The second-order valence-corrected chi connectivity index (χ2v) is 6.86. The van der Waals surface area contributed by atoms with E-state index in [0.29, 0.717) is 18.4 Å². The summed E-state index contributed by atoms with van der Waals surface area (Å²) in [7, 11) is 2.15. The molecule has 0 spiro atoms. The molecule has 5 heteroatoms. The molecular weight excluding hydrogens is 288 g/mol. The lowest BCUT2D eigenvalue weighted by Crippen LogP contribution is -2.49. The Hall–Kier alpha value is -1.62. The molecule has 0 aromatic carbocycles. The van der Waals surface area contributed by atoms with E-state index < -0.39 is 0 Å². The van der Waals surface area contributed by atoms with Crippen LogP contribution in [-0.2, 0) is 4.79 Å². The Balaban J connectivity index is 1.41. The predicted molar refractivity (Wildman–Crippen MR) is 92.5 cm³/mol. The molecule has 5 nitrogen and oxygen atoms in total. The highest BCUT2D eigenvalue weighted by Crippen LogP contribution is 2.34. The number of nitrogens with zero attached hydrogens (tertiary/aromatic N) is 4. The van der Waals surface area contributed by atoms with Gasteiger partial charge in [0.2, 0.25) is 5.91 Å². The molecule has 1 saturated heterocycles. The molecule has 1 aliphatic carbocycles. The van der Waals surface area contributed by atoms with Crippen LogP contribution in [0.25, 0.3) is 0 Å². The highest BCUT2D eigenvalue weighted by molar-refractivity contribution is 5.76. The van der Waals surface area contributed by atoms with Crippen molar-refractivity contribution < 1.29 is 4.79 Å². The zero-order valence-corrected chi connectivity index (χ0v) is 14.3. The fourth-order valence-corrected chi connectivity index (χ4v) is 3.30. The fraction of sp³-hybridized carbons (Fsp3) is 0.667. The highest BCUT2D eigenvalue weighted by Gasteiger charge is 2.30. The standard InChI is InChI=1S/C18H28N4O/c1-15(16-6-7-16)20(2)10-8-18(23)22-13-11-21(12-14-22)17-5-3-4-9-19-17/h3-5,9,15-16H,6-8,10-14H2,1-2H3. The lowest BCUT2D eigenvalue weighted by Gasteiger charge is -2.36. The first-order chi connectivity index (χ1) is 11.1. The number of pyridine rings is 1. The summed E-state index contributed by atoms with van der Waals surface area (Å²) >= 11 is 0. The van der Waals surface area contributed by atoms with Crippen LogP contribution in [0, 0.1) is 5.92 Å². The fourth-order valence-electron chi connectivity index (χ4n) is 3.30. The number of anilines is 1. The predicted octanol–water partition coefficient (Wildman–Crippen LogP) is 1.85. The van der Waals surface area contributed by atoms with Gasteiger partial charge in [-0.05, 0) is 44.9 Å². The number of hydrogen-bond acceptors (Lipinski definition) is 4. The van der Waals surface area contributed by atoms with E-state index in [1.165, 1.54) is 12.8 Å². The number of piperazine rings is 1. The quantitative estimate of drug-likeness (QED) is 0.803. The summed E-state index contributed by atoms with van der Waals surface area (Å²) in [5.74, 6) is 2.16. The van der Waals surface area contributed by atoms with E-state index in [1.807, 2.05) is 29.3 Å². The Bertz CT molecular complexity index is 509. The third kappa shape index (κ3) is 4.22.